The van der Waals surface area contributed by atoms with Gasteiger partial charge < -0.3 is 15.2 Å². The second-order valence-electron chi connectivity index (χ2n) is 7.45. The summed E-state index contributed by atoms with van der Waals surface area (Å²) in [6, 6.07) is 3.26. The van der Waals surface area contributed by atoms with Crippen LogP contribution in [0.25, 0.3) is 0 Å². The highest BCUT2D eigenvalue weighted by molar-refractivity contribution is 5.94. The van der Waals surface area contributed by atoms with Gasteiger partial charge in [0.25, 0.3) is 0 Å². The van der Waals surface area contributed by atoms with E-state index in [0.29, 0.717) is 5.56 Å². The zero-order chi connectivity index (χ0) is 17.8. The SMILES string of the molecule is CC(C)(C)OC(=O)C[C@@H](O)c1cccnc1NC(=O)C(C)(C)C. The number of hydrogen-bond acceptors (Lipinski definition) is 5. The van der Waals surface area contributed by atoms with E-state index in [0.717, 1.165) is 0 Å². The number of ether oxygens (including phenoxy) is 1. The van der Waals surface area contributed by atoms with Gasteiger partial charge in [0.05, 0.1) is 12.5 Å². The first-order chi connectivity index (χ1) is 10.4. The lowest BCUT2D eigenvalue weighted by Crippen LogP contribution is -2.29. The van der Waals surface area contributed by atoms with E-state index in [9.17, 15) is 14.7 Å². The van der Waals surface area contributed by atoms with Crippen molar-refractivity contribution in [2.45, 2.75) is 59.7 Å². The molecule has 0 aliphatic heterocycles. The van der Waals surface area contributed by atoms with Crippen molar-refractivity contribution >= 4 is 17.7 Å². The van der Waals surface area contributed by atoms with Gasteiger partial charge in [0, 0.05) is 17.2 Å². The topological polar surface area (TPSA) is 88.5 Å². The minimum absolute atomic E-state index is 0.207. The van der Waals surface area contributed by atoms with E-state index < -0.39 is 23.1 Å². The second kappa shape index (κ2) is 7.08. The quantitative estimate of drug-likeness (QED) is 0.832. The fourth-order valence-corrected chi connectivity index (χ4v) is 1.74. The van der Waals surface area contributed by atoms with E-state index in [1.807, 2.05) is 0 Å². The maximum absolute atomic E-state index is 12.1. The Bertz CT molecular complexity index is 571. The number of aromatic nitrogens is 1. The van der Waals surface area contributed by atoms with Crippen molar-refractivity contribution in [3.05, 3.63) is 23.9 Å². The van der Waals surface area contributed by atoms with Gasteiger partial charge in [0.15, 0.2) is 0 Å². The molecule has 0 aromatic carbocycles. The smallest absolute Gasteiger partial charge is 0.309 e. The summed E-state index contributed by atoms with van der Waals surface area (Å²) >= 11 is 0. The van der Waals surface area contributed by atoms with Gasteiger partial charge in [-0.15, -0.1) is 0 Å². The number of nitrogens with zero attached hydrogens (tertiary/aromatic N) is 1. The molecular weight excluding hydrogens is 296 g/mol. The van der Waals surface area contributed by atoms with E-state index >= 15 is 0 Å². The van der Waals surface area contributed by atoms with Crippen LogP contribution in [0, 0.1) is 5.41 Å². The largest absolute Gasteiger partial charge is 0.460 e. The molecule has 1 aromatic heterocycles. The normalized spacial score (nSPS) is 13.3. The van der Waals surface area contributed by atoms with Crippen molar-refractivity contribution in [3.8, 4) is 0 Å². The average Bonchev–Trinajstić information content (AvgIpc) is 2.35. The van der Waals surface area contributed by atoms with Gasteiger partial charge in [-0.1, -0.05) is 26.8 Å². The van der Waals surface area contributed by atoms with Crippen molar-refractivity contribution < 1.29 is 19.4 Å². The molecule has 0 radical (unpaired) electrons. The Hall–Kier alpha value is -1.95. The van der Waals surface area contributed by atoms with Crippen LogP contribution in [0.15, 0.2) is 18.3 Å². The number of pyridine rings is 1. The Labute approximate surface area is 137 Å². The molecule has 0 aliphatic rings. The van der Waals surface area contributed by atoms with Crippen LogP contribution in [0.5, 0.6) is 0 Å². The van der Waals surface area contributed by atoms with E-state index in [1.165, 1.54) is 6.20 Å². The third-order valence-corrected chi connectivity index (χ3v) is 2.89. The molecule has 0 saturated carbocycles. The number of carbonyl (C=O) groups excluding carboxylic acids is 2. The Kier molecular flexibility index (Phi) is 5.88. The zero-order valence-electron chi connectivity index (χ0n) is 14.6. The molecule has 0 unspecified atom stereocenters. The number of hydrogen-bond donors (Lipinski definition) is 2. The van der Waals surface area contributed by atoms with E-state index in [-0.39, 0.29) is 18.1 Å². The first kappa shape index (κ1) is 19.1. The van der Waals surface area contributed by atoms with Gasteiger partial charge in [-0.05, 0) is 26.8 Å². The van der Waals surface area contributed by atoms with Gasteiger partial charge in [-0.25, -0.2) is 4.98 Å². The minimum Gasteiger partial charge on any atom is -0.460 e. The molecule has 1 rings (SSSR count). The third-order valence-electron chi connectivity index (χ3n) is 2.89. The van der Waals surface area contributed by atoms with Gasteiger partial charge in [-0.2, -0.15) is 0 Å². The van der Waals surface area contributed by atoms with Gasteiger partial charge >= 0.3 is 5.97 Å². The highest BCUT2D eigenvalue weighted by atomic mass is 16.6. The number of nitrogens with one attached hydrogen (secondary N) is 1. The van der Waals surface area contributed by atoms with Crippen LogP contribution in [-0.2, 0) is 14.3 Å². The summed E-state index contributed by atoms with van der Waals surface area (Å²) in [5.41, 5.74) is -0.823. The average molecular weight is 322 g/mol. The lowest BCUT2D eigenvalue weighted by Gasteiger charge is -2.22. The Morgan fingerprint density at radius 2 is 1.87 bits per heavy atom. The summed E-state index contributed by atoms with van der Waals surface area (Å²) in [5, 5.41) is 13.0. The number of anilines is 1. The molecule has 0 spiro atoms. The summed E-state index contributed by atoms with van der Waals surface area (Å²) in [6.07, 6.45) is 0.206. The molecule has 1 aromatic rings. The van der Waals surface area contributed by atoms with Crippen LogP contribution in [0.2, 0.25) is 0 Å². The molecular formula is C17H26N2O4. The van der Waals surface area contributed by atoms with Gasteiger partial charge in [-0.3, -0.25) is 9.59 Å². The molecule has 6 heteroatoms. The summed E-state index contributed by atoms with van der Waals surface area (Å²) in [4.78, 5) is 28.0. The predicted octanol–water partition coefficient (Wildman–Crippen LogP) is 2.83. The van der Waals surface area contributed by atoms with Crippen LogP contribution in [-0.4, -0.2) is 27.6 Å². The highest BCUT2D eigenvalue weighted by Crippen LogP contribution is 2.26. The van der Waals surface area contributed by atoms with Gasteiger partial charge in [0.2, 0.25) is 5.91 Å². The number of rotatable bonds is 4. The first-order valence-electron chi connectivity index (χ1n) is 7.56. The van der Waals surface area contributed by atoms with Crippen molar-refractivity contribution in [3.63, 3.8) is 0 Å². The summed E-state index contributed by atoms with van der Waals surface area (Å²) in [6.45, 7) is 10.6. The van der Waals surface area contributed by atoms with Crippen LogP contribution in [0.1, 0.15) is 59.6 Å². The second-order valence-corrected chi connectivity index (χ2v) is 7.45. The lowest BCUT2D eigenvalue weighted by molar-refractivity contribution is -0.157. The standard InChI is InChI=1S/C17H26N2O4/c1-16(2,3)15(22)19-14-11(8-7-9-18-14)12(20)10-13(21)23-17(4,5)6/h7-9,12,20H,10H2,1-6H3,(H,18,19,22)/t12-/m1/s1. The fraction of sp³-hybridized carbons (Fsp3) is 0.588. The molecule has 2 N–H and O–H groups in total. The lowest BCUT2D eigenvalue weighted by atomic mass is 9.95. The van der Waals surface area contributed by atoms with Crippen LogP contribution in [0.4, 0.5) is 5.82 Å². The molecule has 23 heavy (non-hydrogen) atoms. The number of aliphatic hydroxyl groups excluding tert-OH is 1. The third kappa shape index (κ3) is 6.36. The van der Waals surface area contributed by atoms with Crippen molar-refractivity contribution in [2.24, 2.45) is 5.41 Å². The van der Waals surface area contributed by atoms with Gasteiger partial charge in [0.1, 0.15) is 11.4 Å². The van der Waals surface area contributed by atoms with E-state index in [1.54, 1.807) is 53.7 Å². The molecule has 128 valence electrons. The minimum atomic E-state index is -1.10. The Morgan fingerprint density at radius 3 is 2.39 bits per heavy atom. The van der Waals surface area contributed by atoms with Crippen molar-refractivity contribution in [1.82, 2.24) is 4.98 Å². The van der Waals surface area contributed by atoms with Crippen molar-refractivity contribution in [1.29, 1.82) is 0 Å². The molecule has 0 fully saturated rings. The first-order valence-corrected chi connectivity index (χ1v) is 7.56. The number of aliphatic hydroxyl groups is 1. The van der Waals surface area contributed by atoms with E-state index in [2.05, 4.69) is 10.3 Å². The molecule has 1 atom stereocenters. The monoisotopic (exact) mass is 322 g/mol. The molecule has 1 amide bonds. The number of esters is 1. The summed E-state index contributed by atoms with van der Waals surface area (Å²) in [5.74, 6) is -0.479. The summed E-state index contributed by atoms with van der Waals surface area (Å²) < 4.78 is 5.20. The molecule has 0 saturated heterocycles. The van der Waals surface area contributed by atoms with Crippen LogP contribution < -0.4 is 5.32 Å². The fourth-order valence-electron chi connectivity index (χ4n) is 1.74. The Morgan fingerprint density at radius 1 is 1.26 bits per heavy atom. The van der Waals surface area contributed by atoms with Crippen molar-refractivity contribution in [2.75, 3.05) is 5.32 Å². The zero-order valence-corrected chi connectivity index (χ0v) is 14.6. The molecule has 1 heterocycles. The maximum Gasteiger partial charge on any atom is 0.309 e. The maximum atomic E-state index is 12.1. The molecule has 6 nitrogen and oxygen atoms in total. The predicted molar refractivity (Wildman–Crippen MR) is 87.7 cm³/mol. The summed E-state index contributed by atoms with van der Waals surface area (Å²) in [7, 11) is 0. The molecule has 0 bridgehead atoms. The number of carbonyl (C=O) groups is 2. The highest BCUT2D eigenvalue weighted by Gasteiger charge is 2.25. The Balaban J connectivity index is 2.88. The van der Waals surface area contributed by atoms with E-state index in [4.69, 9.17) is 4.74 Å². The van der Waals surface area contributed by atoms with Crippen LogP contribution >= 0.6 is 0 Å². The number of amides is 1. The van der Waals surface area contributed by atoms with Crippen LogP contribution in [0.3, 0.4) is 0 Å². The molecule has 0 aliphatic carbocycles.